The first-order chi connectivity index (χ1) is 7.85. The van der Waals surface area contributed by atoms with E-state index in [4.69, 9.17) is 13.9 Å². The summed E-state index contributed by atoms with van der Waals surface area (Å²) in [5, 5.41) is 0. The van der Waals surface area contributed by atoms with E-state index in [0.29, 0.717) is 13.2 Å². The highest BCUT2D eigenvalue weighted by Crippen LogP contribution is 2.03. The third kappa shape index (κ3) is 10.9. The molecule has 0 spiro atoms. The van der Waals surface area contributed by atoms with Crippen LogP contribution in [-0.4, -0.2) is 35.2 Å². The van der Waals surface area contributed by atoms with Crippen LogP contribution in [0.5, 0.6) is 0 Å². The van der Waals surface area contributed by atoms with E-state index in [1.807, 2.05) is 0 Å². The van der Waals surface area contributed by atoms with Crippen LogP contribution in [0.2, 0.25) is 6.04 Å². The molecule has 98 valence electrons. The SMILES string of the molecule is CCCOC(OCCC)O[SiH2]CCCCS. The highest BCUT2D eigenvalue weighted by molar-refractivity contribution is 7.80. The largest absolute Gasteiger partial charge is 0.379 e. The minimum absolute atomic E-state index is 0.414. The van der Waals surface area contributed by atoms with Gasteiger partial charge in [0.25, 0.3) is 6.48 Å². The Labute approximate surface area is 108 Å². The zero-order valence-electron chi connectivity index (χ0n) is 10.6. The Morgan fingerprint density at radius 2 is 1.69 bits per heavy atom. The summed E-state index contributed by atoms with van der Waals surface area (Å²) in [5.41, 5.74) is 0. The molecular weight excluding hydrogens is 240 g/mol. The van der Waals surface area contributed by atoms with Gasteiger partial charge < -0.3 is 13.9 Å². The highest BCUT2D eigenvalue weighted by atomic mass is 32.1. The molecule has 0 aliphatic carbocycles. The van der Waals surface area contributed by atoms with Gasteiger partial charge in [0.15, 0.2) is 9.76 Å². The van der Waals surface area contributed by atoms with Gasteiger partial charge in [-0.15, -0.1) is 0 Å². The summed E-state index contributed by atoms with van der Waals surface area (Å²) in [6.45, 7) is 5.17. The van der Waals surface area contributed by atoms with Crippen molar-refractivity contribution in [1.29, 1.82) is 0 Å². The zero-order chi connectivity index (χ0) is 12.1. The summed E-state index contributed by atoms with van der Waals surface area (Å²) < 4.78 is 16.6. The molecular formula is C11H26O3SSi. The minimum Gasteiger partial charge on any atom is -0.379 e. The number of unbranched alkanes of at least 4 members (excludes halogenated alkanes) is 1. The highest BCUT2D eigenvalue weighted by Gasteiger charge is 2.08. The second-order valence-electron chi connectivity index (χ2n) is 3.69. The van der Waals surface area contributed by atoms with Crippen LogP contribution in [0.3, 0.4) is 0 Å². The standard InChI is InChI=1S/C11H26O3SSi/c1-3-7-12-11(13-8-4-2)14-16-10-6-5-9-15/h11,15H,3-10,16H2,1-2H3. The number of thiol groups is 1. The average Bonchev–Trinajstić information content (AvgIpc) is 2.31. The Hall–Kier alpha value is 0.447. The number of hydrogen-bond acceptors (Lipinski definition) is 4. The number of hydrogen-bond donors (Lipinski definition) is 1. The maximum Gasteiger partial charge on any atom is 0.261 e. The van der Waals surface area contributed by atoms with E-state index in [2.05, 4.69) is 26.5 Å². The molecule has 0 aromatic heterocycles. The monoisotopic (exact) mass is 266 g/mol. The van der Waals surface area contributed by atoms with Crippen molar-refractivity contribution in [2.75, 3.05) is 19.0 Å². The Morgan fingerprint density at radius 3 is 2.19 bits per heavy atom. The van der Waals surface area contributed by atoms with Crippen molar-refractivity contribution in [1.82, 2.24) is 0 Å². The first-order valence-electron chi connectivity index (χ1n) is 6.30. The number of ether oxygens (including phenoxy) is 2. The van der Waals surface area contributed by atoms with E-state index in [1.165, 1.54) is 18.9 Å². The first-order valence-corrected chi connectivity index (χ1v) is 8.51. The minimum atomic E-state index is -0.496. The molecule has 0 bridgehead atoms. The van der Waals surface area contributed by atoms with Crippen molar-refractivity contribution in [3.63, 3.8) is 0 Å². The maximum atomic E-state index is 5.66. The molecule has 0 rings (SSSR count). The molecule has 0 fully saturated rings. The average molecular weight is 266 g/mol. The molecule has 0 saturated carbocycles. The predicted octanol–water partition coefficient (Wildman–Crippen LogP) is 2.35. The molecule has 0 aromatic carbocycles. The molecule has 0 aliphatic rings. The van der Waals surface area contributed by atoms with Gasteiger partial charge in [0, 0.05) is 0 Å². The second kappa shape index (κ2) is 13.5. The van der Waals surface area contributed by atoms with Crippen LogP contribution in [0, 0.1) is 0 Å². The van der Waals surface area contributed by atoms with Gasteiger partial charge in [0.2, 0.25) is 0 Å². The van der Waals surface area contributed by atoms with Gasteiger partial charge in [0.05, 0.1) is 13.2 Å². The molecule has 0 amide bonds. The third-order valence-electron chi connectivity index (χ3n) is 1.97. The van der Waals surface area contributed by atoms with Gasteiger partial charge in [-0.1, -0.05) is 20.3 Å². The lowest BCUT2D eigenvalue weighted by Gasteiger charge is -2.18. The molecule has 0 atom stereocenters. The predicted molar refractivity (Wildman–Crippen MR) is 73.8 cm³/mol. The van der Waals surface area contributed by atoms with Gasteiger partial charge >= 0.3 is 0 Å². The van der Waals surface area contributed by atoms with E-state index < -0.39 is 16.2 Å². The lowest BCUT2D eigenvalue weighted by atomic mass is 10.4. The molecule has 0 N–H and O–H groups in total. The van der Waals surface area contributed by atoms with Gasteiger partial charge in [-0.25, -0.2) is 0 Å². The Bertz CT molecular complexity index is 130. The Kier molecular flexibility index (Phi) is 13.9. The molecule has 0 unspecified atom stereocenters. The fraction of sp³-hybridized carbons (Fsp3) is 1.00. The van der Waals surface area contributed by atoms with Crippen molar-refractivity contribution in [3.8, 4) is 0 Å². The lowest BCUT2D eigenvalue weighted by Crippen LogP contribution is -2.23. The quantitative estimate of drug-likeness (QED) is 0.254. The lowest BCUT2D eigenvalue weighted by molar-refractivity contribution is -0.247. The third-order valence-corrected chi connectivity index (χ3v) is 3.59. The topological polar surface area (TPSA) is 27.7 Å². The smallest absolute Gasteiger partial charge is 0.261 e. The molecule has 0 radical (unpaired) electrons. The summed E-state index contributed by atoms with van der Waals surface area (Å²) in [6, 6.07) is 1.18. The summed E-state index contributed by atoms with van der Waals surface area (Å²) in [4.78, 5) is 0. The van der Waals surface area contributed by atoms with Crippen molar-refractivity contribution in [3.05, 3.63) is 0 Å². The van der Waals surface area contributed by atoms with Crippen molar-refractivity contribution < 1.29 is 13.9 Å². The molecule has 0 saturated heterocycles. The van der Waals surface area contributed by atoms with Crippen LogP contribution in [-0.2, 0) is 13.9 Å². The van der Waals surface area contributed by atoms with E-state index in [-0.39, 0.29) is 0 Å². The fourth-order valence-electron chi connectivity index (χ4n) is 1.14. The summed E-state index contributed by atoms with van der Waals surface area (Å²) in [6.07, 6.45) is 4.38. The fourth-order valence-corrected chi connectivity index (χ4v) is 2.48. The van der Waals surface area contributed by atoms with E-state index in [1.54, 1.807) is 0 Å². The van der Waals surface area contributed by atoms with Crippen molar-refractivity contribution >= 4 is 22.4 Å². The van der Waals surface area contributed by atoms with Crippen LogP contribution in [0.4, 0.5) is 0 Å². The summed E-state index contributed by atoms with van der Waals surface area (Å²) in [5.74, 6) is 0.969. The molecule has 5 heteroatoms. The van der Waals surface area contributed by atoms with Gasteiger partial charge in [-0.3, -0.25) is 0 Å². The van der Waals surface area contributed by atoms with Gasteiger partial charge in [-0.05, 0) is 31.1 Å². The van der Waals surface area contributed by atoms with Crippen LogP contribution < -0.4 is 0 Å². The van der Waals surface area contributed by atoms with Crippen LogP contribution in [0.15, 0.2) is 0 Å². The Morgan fingerprint density at radius 1 is 1.06 bits per heavy atom. The van der Waals surface area contributed by atoms with Crippen LogP contribution in [0.25, 0.3) is 0 Å². The first kappa shape index (κ1) is 16.4. The molecule has 3 nitrogen and oxygen atoms in total. The molecule has 0 aliphatic heterocycles. The van der Waals surface area contributed by atoms with Crippen molar-refractivity contribution in [2.24, 2.45) is 0 Å². The number of rotatable bonds is 12. The van der Waals surface area contributed by atoms with Gasteiger partial charge in [-0.2, -0.15) is 12.6 Å². The van der Waals surface area contributed by atoms with Crippen LogP contribution >= 0.6 is 12.6 Å². The van der Waals surface area contributed by atoms with Gasteiger partial charge in [0.1, 0.15) is 0 Å². The van der Waals surface area contributed by atoms with E-state index in [0.717, 1.165) is 18.6 Å². The molecule has 0 aromatic rings. The van der Waals surface area contributed by atoms with E-state index >= 15 is 0 Å². The zero-order valence-corrected chi connectivity index (χ0v) is 12.9. The molecule has 16 heavy (non-hydrogen) atoms. The van der Waals surface area contributed by atoms with Crippen LogP contribution in [0.1, 0.15) is 39.5 Å². The Balaban J connectivity index is 3.48. The molecule has 0 heterocycles. The second-order valence-corrected chi connectivity index (χ2v) is 5.58. The summed E-state index contributed by atoms with van der Waals surface area (Å²) >= 11 is 4.18. The normalized spacial score (nSPS) is 12.0. The van der Waals surface area contributed by atoms with Crippen molar-refractivity contribution in [2.45, 2.75) is 52.1 Å². The summed E-state index contributed by atoms with van der Waals surface area (Å²) in [7, 11) is -0.496. The van der Waals surface area contributed by atoms with E-state index in [9.17, 15) is 0 Å². The maximum absolute atomic E-state index is 5.66.